The van der Waals surface area contributed by atoms with Gasteiger partial charge in [-0.15, -0.1) is 0 Å². The molecule has 0 bridgehead atoms. The molecule has 2 aromatic rings. The lowest BCUT2D eigenvalue weighted by Crippen LogP contribution is -2.38. The van der Waals surface area contributed by atoms with E-state index in [2.05, 4.69) is 20.0 Å². The van der Waals surface area contributed by atoms with Crippen LogP contribution in [0.1, 0.15) is 24.1 Å². The number of nitrogens with zero attached hydrogens (tertiary/aromatic N) is 6. The van der Waals surface area contributed by atoms with E-state index < -0.39 is 0 Å². The third-order valence-electron chi connectivity index (χ3n) is 4.99. The Kier molecular flexibility index (Phi) is 4.84. The molecule has 4 heterocycles. The number of anilines is 2. The highest BCUT2D eigenvalue weighted by Gasteiger charge is 2.27. The van der Waals surface area contributed by atoms with Gasteiger partial charge in [-0.3, -0.25) is 4.79 Å². The molecular formula is C18H24N6OS. The van der Waals surface area contributed by atoms with Crippen molar-refractivity contribution < 1.29 is 0 Å². The average molecular weight is 372 g/mol. The molecule has 0 amide bonds. The minimum absolute atomic E-state index is 0.00904. The molecule has 0 radical (unpaired) electrons. The van der Waals surface area contributed by atoms with Crippen LogP contribution in [0.3, 0.4) is 0 Å². The first kappa shape index (κ1) is 17.3. The molecule has 0 aliphatic carbocycles. The topological polar surface area (TPSA) is 67.2 Å². The standard InChI is InChI=1S/C18H24N6OS/c1-22(2)18-19-7-5-16(20-18)23-8-3-4-14(23)11-24-17(25)10-13-12-26-9-6-15(13)21-24/h5,7,10,14H,3-4,6,8-9,11-12H2,1-2H3. The van der Waals surface area contributed by atoms with Gasteiger partial charge < -0.3 is 9.80 Å². The fourth-order valence-corrected chi connectivity index (χ4v) is 4.58. The van der Waals surface area contributed by atoms with Gasteiger partial charge in [0.15, 0.2) is 0 Å². The Hall–Kier alpha value is -2.09. The van der Waals surface area contributed by atoms with Crippen LogP contribution in [-0.4, -0.2) is 52.2 Å². The number of aryl methyl sites for hydroxylation is 1. The maximum Gasteiger partial charge on any atom is 0.267 e. The van der Waals surface area contributed by atoms with Crippen molar-refractivity contribution in [2.24, 2.45) is 0 Å². The normalized spacial score (nSPS) is 19.5. The second-order valence-corrected chi connectivity index (χ2v) is 8.14. The highest BCUT2D eigenvalue weighted by molar-refractivity contribution is 7.98. The summed E-state index contributed by atoms with van der Waals surface area (Å²) in [5, 5.41) is 4.67. The highest BCUT2D eigenvalue weighted by Crippen LogP contribution is 2.26. The van der Waals surface area contributed by atoms with Gasteiger partial charge in [0.25, 0.3) is 5.56 Å². The molecule has 7 nitrogen and oxygen atoms in total. The third kappa shape index (κ3) is 3.42. The van der Waals surface area contributed by atoms with Crippen molar-refractivity contribution in [2.75, 3.05) is 36.2 Å². The van der Waals surface area contributed by atoms with Crippen LogP contribution in [0.25, 0.3) is 0 Å². The fraction of sp³-hybridized carbons (Fsp3) is 0.556. The predicted molar refractivity (Wildman–Crippen MR) is 105 cm³/mol. The summed E-state index contributed by atoms with van der Waals surface area (Å²) in [6.45, 7) is 1.56. The van der Waals surface area contributed by atoms with Crippen LogP contribution in [0.2, 0.25) is 0 Å². The summed E-state index contributed by atoms with van der Waals surface area (Å²) >= 11 is 1.87. The largest absolute Gasteiger partial charge is 0.352 e. The maximum atomic E-state index is 12.5. The van der Waals surface area contributed by atoms with Crippen molar-refractivity contribution in [1.82, 2.24) is 19.7 Å². The first-order chi connectivity index (χ1) is 12.6. The van der Waals surface area contributed by atoms with E-state index in [9.17, 15) is 4.79 Å². The van der Waals surface area contributed by atoms with Crippen LogP contribution in [0.4, 0.5) is 11.8 Å². The van der Waals surface area contributed by atoms with Crippen LogP contribution < -0.4 is 15.4 Å². The summed E-state index contributed by atoms with van der Waals surface area (Å²) < 4.78 is 1.66. The summed E-state index contributed by atoms with van der Waals surface area (Å²) in [6, 6.07) is 3.97. The molecule has 26 heavy (non-hydrogen) atoms. The maximum absolute atomic E-state index is 12.5. The van der Waals surface area contributed by atoms with Gasteiger partial charge in [0.05, 0.1) is 18.3 Å². The van der Waals surface area contributed by atoms with Gasteiger partial charge in [0.2, 0.25) is 5.95 Å². The quantitative estimate of drug-likeness (QED) is 0.807. The first-order valence-corrected chi connectivity index (χ1v) is 10.2. The minimum Gasteiger partial charge on any atom is -0.352 e. The summed E-state index contributed by atoms with van der Waals surface area (Å²) in [6.07, 6.45) is 4.89. The van der Waals surface area contributed by atoms with Gasteiger partial charge in [-0.05, 0) is 30.2 Å². The fourth-order valence-electron chi connectivity index (χ4n) is 3.62. The van der Waals surface area contributed by atoms with E-state index in [4.69, 9.17) is 0 Å². The molecule has 0 aromatic carbocycles. The zero-order valence-corrected chi connectivity index (χ0v) is 16.1. The SMILES string of the molecule is CN(C)c1nccc(N2CCCC2Cn2nc3c(cc2=O)CSCC3)n1. The molecule has 0 N–H and O–H groups in total. The lowest BCUT2D eigenvalue weighted by atomic mass is 10.2. The molecule has 0 saturated carbocycles. The van der Waals surface area contributed by atoms with Crippen LogP contribution in [0, 0.1) is 0 Å². The van der Waals surface area contributed by atoms with Gasteiger partial charge in [-0.25, -0.2) is 9.67 Å². The van der Waals surface area contributed by atoms with Gasteiger partial charge >= 0.3 is 0 Å². The van der Waals surface area contributed by atoms with Crippen LogP contribution in [0.5, 0.6) is 0 Å². The van der Waals surface area contributed by atoms with Crippen LogP contribution in [-0.2, 0) is 18.7 Å². The molecule has 2 aromatic heterocycles. The van der Waals surface area contributed by atoms with Gasteiger partial charge in [-0.2, -0.15) is 21.8 Å². The molecule has 2 aliphatic rings. The van der Waals surface area contributed by atoms with Gasteiger partial charge in [0.1, 0.15) is 5.82 Å². The van der Waals surface area contributed by atoms with Crippen molar-refractivity contribution in [1.29, 1.82) is 0 Å². The molecule has 2 aliphatic heterocycles. The number of hydrogen-bond acceptors (Lipinski definition) is 7. The van der Waals surface area contributed by atoms with Crippen molar-refractivity contribution >= 4 is 23.5 Å². The van der Waals surface area contributed by atoms with E-state index >= 15 is 0 Å². The Morgan fingerprint density at radius 3 is 3.12 bits per heavy atom. The molecule has 1 saturated heterocycles. The number of fused-ring (bicyclic) bond motifs is 1. The Balaban J connectivity index is 1.58. The number of aromatic nitrogens is 4. The van der Waals surface area contributed by atoms with Crippen molar-refractivity contribution in [3.05, 3.63) is 39.9 Å². The molecule has 138 valence electrons. The van der Waals surface area contributed by atoms with E-state index in [0.717, 1.165) is 54.4 Å². The minimum atomic E-state index is 0.00904. The van der Waals surface area contributed by atoms with E-state index in [1.165, 1.54) is 0 Å². The zero-order chi connectivity index (χ0) is 18.1. The second kappa shape index (κ2) is 7.26. The van der Waals surface area contributed by atoms with Crippen molar-refractivity contribution in [2.45, 2.75) is 37.6 Å². The Morgan fingerprint density at radius 1 is 1.38 bits per heavy atom. The number of hydrogen-bond donors (Lipinski definition) is 0. The van der Waals surface area contributed by atoms with Crippen LogP contribution in [0.15, 0.2) is 23.1 Å². The highest BCUT2D eigenvalue weighted by atomic mass is 32.2. The molecule has 1 fully saturated rings. The second-order valence-electron chi connectivity index (χ2n) is 7.04. The van der Waals surface area contributed by atoms with Crippen LogP contribution >= 0.6 is 11.8 Å². The van der Waals surface area contributed by atoms with E-state index in [1.807, 2.05) is 36.8 Å². The lowest BCUT2D eigenvalue weighted by molar-refractivity contribution is 0.479. The summed E-state index contributed by atoms with van der Waals surface area (Å²) in [5.41, 5.74) is 2.21. The van der Waals surface area contributed by atoms with Crippen molar-refractivity contribution in [3.63, 3.8) is 0 Å². The zero-order valence-electron chi connectivity index (χ0n) is 15.3. The van der Waals surface area contributed by atoms with Gasteiger partial charge in [0, 0.05) is 45.1 Å². The monoisotopic (exact) mass is 372 g/mol. The molecule has 0 spiro atoms. The Bertz CT molecular complexity index is 852. The average Bonchev–Trinajstić information content (AvgIpc) is 3.10. The Labute approximate surface area is 157 Å². The first-order valence-electron chi connectivity index (χ1n) is 9.06. The molecule has 4 rings (SSSR count). The predicted octanol–water partition coefficient (Wildman–Crippen LogP) is 1.56. The van der Waals surface area contributed by atoms with Gasteiger partial charge in [-0.1, -0.05) is 0 Å². The summed E-state index contributed by atoms with van der Waals surface area (Å²) in [4.78, 5) is 25.7. The van der Waals surface area contributed by atoms with Crippen molar-refractivity contribution in [3.8, 4) is 0 Å². The Morgan fingerprint density at radius 2 is 2.27 bits per heavy atom. The smallest absolute Gasteiger partial charge is 0.267 e. The third-order valence-corrected chi connectivity index (χ3v) is 6.00. The lowest BCUT2D eigenvalue weighted by Gasteiger charge is -2.27. The van der Waals surface area contributed by atoms with E-state index in [-0.39, 0.29) is 11.6 Å². The molecule has 8 heteroatoms. The summed E-state index contributed by atoms with van der Waals surface area (Å²) in [5.74, 6) is 3.62. The number of thioether (sulfide) groups is 1. The number of rotatable bonds is 4. The van der Waals surface area contributed by atoms with E-state index in [0.29, 0.717) is 12.5 Å². The molecule has 1 unspecified atom stereocenters. The molecular weight excluding hydrogens is 348 g/mol. The van der Waals surface area contributed by atoms with E-state index in [1.54, 1.807) is 16.9 Å². The summed E-state index contributed by atoms with van der Waals surface area (Å²) in [7, 11) is 3.88. The molecule has 1 atom stereocenters.